The largest absolute Gasteiger partial charge is 0.493 e. The molecule has 0 aromatic heterocycles. The van der Waals surface area contributed by atoms with Gasteiger partial charge in [0.1, 0.15) is 18.7 Å². The summed E-state index contributed by atoms with van der Waals surface area (Å²) in [6.07, 6.45) is 1.56. The molecule has 1 fully saturated rings. The summed E-state index contributed by atoms with van der Waals surface area (Å²) >= 11 is 0. The van der Waals surface area contributed by atoms with Gasteiger partial charge < -0.3 is 19.1 Å². The zero-order chi connectivity index (χ0) is 24.8. The molecule has 9 nitrogen and oxygen atoms in total. The number of hydrogen-bond donors (Lipinski definition) is 1. The van der Waals surface area contributed by atoms with Crippen LogP contribution in [-0.4, -0.2) is 58.0 Å². The van der Waals surface area contributed by atoms with Crippen LogP contribution >= 0.6 is 0 Å². The van der Waals surface area contributed by atoms with Gasteiger partial charge in [0.15, 0.2) is 11.5 Å². The van der Waals surface area contributed by atoms with Crippen molar-refractivity contribution < 1.29 is 32.2 Å². The molecule has 1 aliphatic heterocycles. The Kier molecular flexibility index (Phi) is 8.16. The summed E-state index contributed by atoms with van der Waals surface area (Å²) in [6, 6.07) is 13.4. The van der Waals surface area contributed by atoms with Crippen molar-refractivity contribution in [2.24, 2.45) is 0 Å². The Labute approximate surface area is 200 Å². The number of carbonyl (C=O) groups excluding carboxylic acids is 2. The Balaban J connectivity index is 1.73. The molecule has 184 valence electrons. The Morgan fingerprint density at radius 1 is 1.06 bits per heavy atom. The molecule has 1 saturated heterocycles. The van der Waals surface area contributed by atoms with E-state index in [4.69, 9.17) is 14.2 Å². The Morgan fingerprint density at radius 2 is 1.76 bits per heavy atom. The third-order valence-corrected chi connectivity index (χ3v) is 7.30. The SMILES string of the molecule is COc1ccc(S(=O)(=O)NC2(C)CCCCN(CC(=O)OCc3ccccc3)C2=O)cc1OC. The minimum Gasteiger partial charge on any atom is -0.493 e. The zero-order valence-corrected chi connectivity index (χ0v) is 20.4. The molecule has 0 radical (unpaired) electrons. The van der Waals surface area contributed by atoms with Gasteiger partial charge in [-0.1, -0.05) is 30.3 Å². The summed E-state index contributed by atoms with van der Waals surface area (Å²) in [5.41, 5.74) is -0.576. The van der Waals surface area contributed by atoms with Crippen LogP contribution in [-0.2, 0) is 31.0 Å². The molecule has 1 heterocycles. The molecule has 1 atom stereocenters. The van der Waals surface area contributed by atoms with Crippen molar-refractivity contribution in [2.75, 3.05) is 27.3 Å². The standard InChI is InChI=1S/C24H30N2O7S/c1-24(25-34(29,30)19-11-12-20(31-2)21(15-19)32-3)13-7-8-14-26(23(24)28)16-22(27)33-17-18-9-5-4-6-10-18/h4-6,9-12,15,25H,7-8,13-14,16-17H2,1-3H3. The third-order valence-electron chi connectivity index (χ3n) is 5.70. The lowest BCUT2D eigenvalue weighted by atomic mass is 9.96. The maximum atomic E-state index is 13.4. The first kappa shape index (κ1) is 25.5. The third kappa shape index (κ3) is 6.06. The van der Waals surface area contributed by atoms with Crippen LogP contribution in [0.25, 0.3) is 0 Å². The lowest BCUT2D eigenvalue weighted by Crippen LogP contribution is -2.57. The molecule has 2 aromatic carbocycles. The first-order chi connectivity index (χ1) is 16.2. The van der Waals surface area contributed by atoms with E-state index in [1.54, 1.807) is 6.92 Å². The molecule has 10 heteroatoms. The molecule has 34 heavy (non-hydrogen) atoms. The predicted molar refractivity (Wildman–Crippen MR) is 125 cm³/mol. The van der Waals surface area contributed by atoms with E-state index in [9.17, 15) is 18.0 Å². The van der Waals surface area contributed by atoms with Gasteiger partial charge in [-0.2, -0.15) is 4.72 Å². The molecule has 0 bridgehead atoms. The van der Waals surface area contributed by atoms with E-state index in [-0.39, 0.29) is 23.8 Å². The lowest BCUT2D eigenvalue weighted by Gasteiger charge is -2.32. The van der Waals surface area contributed by atoms with Crippen LogP contribution in [0.15, 0.2) is 53.4 Å². The van der Waals surface area contributed by atoms with E-state index in [1.165, 1.54) is 37.3 Å². The molecule has 0 aliphatic carbocycles. The van der Waals surface area contributed by atoms with Crippen LogP contribution in [0.5, 0.6) is 11.5 Å². The molecular weight excluding hydrogens is 460 g/mol. The highest BCUT2D eigenvalue weighted by atomic mass is 32.2. The number of ether oxygens (including phenoxy) is 3. The number of amides is 1. The molecule has 0 spiro atoms. The van der Waals surface area contributed by atoms with Crippen LogP contribution in [0, 0.1) is 0 Å². The van der Waals surface area contributed by atoms with Gasteiger partial charge in [0, 0.05) is 12.6 Å². The second-order valence-electron chi connectivity index (χ2n) is 8.28. The van der Waals surface area contributed by atoms with E-state index in [1.807, 2.05) is 30.3 Å². The fourth-order valence-corrected chi connectivity index (χ4v) is 5.27. The number of methoxy groups -OCH3 is 2. The van der Waals surface area contributed by atoms with Gasteiger partial charge in [0.2, 0.25) is 15.9 Å². The van der Waals surface area contributed by atoms with Crippen LogP contribution in [0.1, 0.15) is 31.7 Å². The van der Waals surface area contributed by atoms with Crippen molar-refractivity contribution in [3.05, 3.63) is 54.1 Å². The molecule has 1 amide bonds. The number of nitrogens with zero attached hydrogens (tertiary/aromatic N) is 1. The van der Waals surface area contributed by atoms with E-state index in [0.29, 0.717) is 31.6 Å². The van der Waals surface area contributed by atoms with Crippen molar-refractivity contribution in [3.63, 3.8) is 0 Å². The average molecular weight is 491 g/mol. The quantitative estimate of drug-likeness (QED) is 0.538. The fourth-order valence-electron chi connectivity index (χ4n) is 3.86. The zero-order valence-electron chi connectivity index (χ0n) is 19.6. The van der Waals surface area contributed by atoms with Gasteiger partial charge in [0.05, 0.1) is 19.1 Å². The normalized spacial score (nSPS) is 18.8. The van der Waals surface area contributed by atoms with Crippen molar-refractivity contribution >= 4 is 21.9 Å². The number of carbonyl (C=O) groups is 2. The van der Waals surface area contributed by atoms with Crippen LogP contribution in [0.3, 0.4) is 0 Å². The number of likely N-dealkylation sites (tertiary alicyclic amines) is 1. The molecule has 3 rings (SSSR count). The van der Waals surface area contributed by atoms with Crippen LogP contribution in [0.2, 0.25) is 0 Å². The van der Waals surface area contributed by atoms with E-state index < -0.39 is 27.4 Å². The van der Waals surface area contributed by atoms with Crippen molar-refractivity contribution in [3.8, 4) is 11.5 Å². The molecule has 1 N–H and O–H groups in total. The van der Waals surface area contributed by atoms with E-state index in [2.05, 4.69) is 4.72 Å². The monoisotopic (exact) mass is 490 g/mol. The van der Waals surface area contributed by atoms with E-state index in [0.717, 1.165) is 5.56 Å². The average Bonchev–Trinajstić information content (AvgIpc) is 2.96. The first-order valence-corrected chi connectivity index (χ1v) is 12.4. The Morgan fingerprint density at radius 3 is 2.44 bits per heavy atom. The van der Waals surface area contributed by atoms with Gasteiger partial charge in [-0.25, -0.2) is 8.42 Å². The topological polar surface area (TPSA) is 111 Å². The van der Waals surface area contributed by atoms with Gasteiger partial charge in [-0.15, -0.1) is 0 Å². The summed E-state index contributed by atoms with van der Waals surface area (Å²) in [5.74, 6) is -0.376. The Hall–Kier alpha value is -3.11. The molecule has 1 unspecified atom stereocenters. The number of sulfonamides is 1. The van der Waals surface area contributed by atoms with Crippen LogP contribution in [0.4, 0.5) is 0 Å². The highest BCUT2D eigenvalue weighted by Crippen LogP contribution is 2.31. The lowest BCUT2D eigenvalue weighted by molar-refractivity contribution is -0.151. The molecular formula is C24H30N2O7S. The highest BCUT2D eigenvalue weighted by molar-refractivity contribution is 7.89. The second-order valence-corrected chi connectivity index (χ2v) is 9.97. The van der Waals surface area contributed by atoms with Crippen molar-refractivity contribution in [1.82, 2.24) is 9.62 Å². The summed E-state index contributed by atoms with van der Waals surface area (Å²) in [4.78, 5) is 27.1. The van der Waals surface area contributed by atoms with E-state index >= 15 is 0 Å². The minimum atomic E-state index is -4.07. The maximum Gasteiger partial charge on any atom is 0.325 e. The summed E-state index contributed by atoms with van der Waals surface area (Å²) in [7, 11) is -1.21. The van der Waals surface area contributed by atoms with Gasteiger partial charge in [0.25, 0.3) is 0 Å². The predicted octanol–water partition coefficient (Wildman–Crippen LogP) is 2.50. The summed E-state index contributed by atoms with van der Waals surface area (Å²) in [6.45, 7) is 1.73. The van der Waals surface area contributed by atoms with Crippen LogP contribution < -0.4 is 14.2 Å². The van der Waals surface area contributed by atoms with Gasteiger partial charge >= 0.3 is 5.97 Å². The number of benzene rings is 2. The smallest absolute Gasteiger partial charge is 0.325 e. The highest BCUT2D eigenvalue weighted by Gasteiger charge is 2.42. The molecule has 0 saturated carbocycles. The number of esters is 1. The van der Waals surface area contributed by atoms with Crippen molar-refractivity contribution in [1.29, 1.82) is 0 Å². The Bertz CT molecular complexity index is 1120. The fraction of sp³-hybridized carbons (Fsp3) is 0.417. The maximum absolute atomic E-state index is 13.4. The first-order valence-electron chi connectivity index (χ1n) is 10.9. The molecule has 1 aliphatic rings. The number of nitrogens with one attached hydrogen (secondary N) is 1. The minimum absolute atomic E-state index is 0.0581. The second kappa shape index (κ2) is 10.9. The summed E-state index contributed by atoms with van der Waals surface area (Å²) in [5, 5.41) is 0. The van der Waals surface area contributed by atoms with Gasteiger partial charge in [-0.3, -0.25) is 9.59 Å². The van der Waals surface area contributed by atoms with Gasteiger partial charge in [-0.05, 0) is 43.9 Å². The summed E-state index contributed by atoms with van der Waals surface area (Å²) < 4.78 is 44.5. The number of rotatable bonds is 9. The number of hydrogen-bond acceptors (Lipinski definition) is 7. The van der Waals surface area contributed by atoms with Crippen molar-refractivity contribution in [2.45, 2.75) is 43.2 Å². The molecule has 2 aromatic rings.